The maximum Gasteiger partial charge on any atom is 0.264 e. The zero-order valence-corrected chi connectivity index (χ0v) is 13.8. The van der Waals surface area contributed by atoms with Crippen molar-refractivity contribution in [1.82, 2.24) is 24.6 Å². The Balaban J connectivity index is 1.83. The summed E-state index contributed by atoms with van der Waals surface area (Å²) in [5.74, 6) is -0.409. The molecular formula is C17H18FN5O2. The Kier molecular flexibility index (Phi) is 4.87. The van der Waals surface area contributed by atoms with Crippen molar-refractivity contribution < 1.29 is 9.18 Å². The predicted octanol–water partition coefficient (Wildman–Crippen LogP) is 1.31. The third kappa shape index (κ3) is 3.57. The van der Waals surface area contributed by atoms with Crippen molar-refractivity contribution in [3.05, 3.63) is 58.5 Å². The van der Waals surface area contributed by atoms with E-state index >= 15 is 0 Å². The van der Waals surface area contributed by atoms with E-state index in [0.717, 1.165) is 0 Å². The number of carbonyl (C=O) groups excluding carboxylic acids is 1. The van der Waals surface area contributed by atoms with Crippen molar-refractivity contribution in [2.75, 3.05) is 6.54 Å². The van der Waals surface area contributed by atoms with Gasteiger partial charge >= 0.3 is 0 Å². The largest absolute Gasteiger partial charge is 0.354 e. The summed E-state index contributed by atoms with van der Waals surface area (Å²) in [6.45, 7) is 2.70. The highest BCUT2D eigenvalue weighted by Gasteiger charge is 2.11. The molecule has 25 heavy (non-hydrogen) atoms. The van der Waals surface area contributed by atoms with Gasteiger partial charge in [-0.25, -0.2) is 14.1 Å². The molecule has 0 aliphatic carbocycles. The van der Waals surface area contributed by atoms with Crippen molar-refractivity contribution in [3.63, 3.8) is 0 Å². The molecule has 2 aromatic heterocycles. The Morgan fingerprint density at radius 3 is 2.88 bits per heavy atom. The zero-order valence-electron chi connectivity index (χ0n) is 13.8. The lowest BCUT2D eigenvalue weighted by atomic mass is 10.2. The maximum absolute atomic E-state index is 13.8. The summed E-state index contributed by atoms with van der Waals surface area (Å²) in [6.07, 6.45) is 3.25. The average Bonchev–Trinajstić information content (AvgIpc) is 3.03. The number of amides is 1. The molecule has 130 valence electrons. The van der Waals surface area contributed by atoms with Gasteiger partial charge in [-0.05, 0) is 6.07 Å². The predicted molar refractivity (Wildman–Crippen MR) is 90.6 cm³/mol. The number of hydrogen-bond acceptors (Lipinski definition) is 4. The van der Waals surface area contributed by atoms with Gasteiger partial charge in [0.1, 0.15) is 17.5 Å². The van der Waals surface area contributed by atoms with E-state index in [-0.39, 0.29) is 23.8 Å². The van der Waals surface area contributed by atoms with Gasteiger partial charge in [0.25, 0.3) is 5.56 Å². The van der Waals surface area contributed by atoms with Gasteiger partial charge in [-0.1, -0.05) is 25.1 Å². The first-order chi connectivity index (χ1) is 12.1. The topological polar surface area (TPSA) is 81.8 Å². The monoisotopic (exact) mass is 343 g/mol. The van der Waals surface area contributed by atoms with Gasteiger partial charge < -0.3 is 5.32 Å². The number of hydrogen-bond donors (Lipinski definition) is 1. The van der Waals surface area contributed by atoms with Crippen molar-refractivity contribution >= 4 is 16.9 Å². The fraction of sp³-hybridized carbons (Fsp3) is 0.294. The molecule has 8 heteroatoms. The maximum atomic E-state index is 13.8. The number of aromatic nitrogens is 4. The molecule has 0 bridgehead atoms. The minimum Gasteiger partial charge on any atom is -0.354 e. The molecule has 3 aromatic rings. The van der Waals surface area contributed by atoms with E-state index in [1.807, 2.05) is 0 Å². The van der Waals surface area contributed by atoms with Gasteiger partial charge in [0.15, 0.2) is 5.65 Å². The van der Waals surface area contributed by atoms with Crippen molar-refractivity contribution in [3.8, 4) is 0 Å². The van der Waals surface area contributed by atoms with Crippen LogP contribution in [0.2, 0.25) is 0 Å². The van der Waals surface area contributed by atoms with Crippen LogP contribution in [-0.4, -0.2) is 31.8 Å². The Hall–Kier alpha value is -3.03. The molecule has 0 spiro atoms. The van der Waals surface area contributed by atoms with Crippen LogP contribution in [-0.2, 0) is 17.9 Å². The number of nitrogens with one attached hydrogen (secondary N) is 1. The Morgan fingerprint density at radius 2 is 2.12 bits per heavy atom. The van der Waals surface area contributed by atoms with Crippen LogP contribution in [0.5, 0.6) is 0 Å². The molecule has 0 saturated carbocycles. The fourth-order valence-corrected chi connectivity index (χ4v) is 2.51. The molecule has 1 N–H and O–H groups in total. The van der Waals surface area contributed by atoms with E-state index < -0.39 is 0 Å². The first-order valence-corrected chi connectivity index (χ1v) is 8.01. The lowest BCUT2D eigenvalue weighted by Gasteiger charge is -2.07. The molecule has 0 unspecified atom stereocenters. The number of carbonyl (C=O) groups is 1. The van der Waals surface area contributed by atoms with Crippen LogP contribution < -0.4 is 10.9 Å². The molecule has 0 saturated heterocycles. The SMILES string of the molecule is CCC(=O)NCCn1ncc2c(=O)n(Cc3ccccc3F)cnc21. The molecular weight excluding hydrogens is 325 g/mol. The van der Waals surface area contributed by atoms with Crippen molar-refractivity contribution in [1.29, 1.82) is 0 Å². The van der Waals surface area contributed by atoms with Crippen LogP contribution in [0.15, 0.2) is 41.6 Å². The summed E-state index contributed by atoms with van der Waals surface area (Å²) < 4.78 is 16.7. The standard InChI is InChI=1S/C17H18FN5O2/c1-2-15(24)19-7-8-23-16-13(9-21-23)17(25)22(11-20-16)10-12-5-3-4-6-14(12)18/h3-6,9,11H,2,7-8,10H2,1H3,(H,19,24). The molecule has 0 fully saturated rings. The Labute approximate surface area is 143 Å². The number of halogens is 1. The van der Waals surface area contributed by atoms with Gasteiger partial charge in [0, 0.05) is 18.5 Å². The fourth-order valence-electron chi connectivity index (χ4n) is 2.51. The van der Waals surface area contributed by atoms with Gasteiger partial charge in [-0.2, -0.15) is 5.10 Å². The van der Waals surface area contributed by atoms with Gasteiger partial charge in [-0.15, -0.1) is 0 Å². The lowest BCUT2D eigenvalue weighted by molar-refractivity contribution is -0.120. The van der Waals surface area contributed by atoms with E-state index in [4.69, 9.17) is 0 Å². The van der Waals surface area contributed by atoms with Gasteiger partial charge in [0.05, 0.1) is 19.3 Å². The molecule has 7 nitrogen and oxygen atoms in total. The summed E-state index contributed by atoms with van der Waals surface area (Å²) >= 11 is 0. The first kappa shape index (κ1) is 16.8. The smallest absolute Gasteiger partial charge is 0.264 e. The summed E-state index contributed by atoms with van der Waals surface area (Å²) in [5.41, 5.74) is 0.582. The van der Waals surface area contributed by atoms with Gasteiger partial charge in [0.2, 0.25) is 5.91 Å². The number of benzene rings is 1. The minimum absolute atomic E-state index is 0.0448. The van der Waals surface area contributed by atoms with E-state index in [1.54, 1.807) is 29.8 Å². The summed E-state index contributed by atoms with van der Waals surface area (Å²) in [6, 6.07) is 6.31. The molecule has 1 amide bonds. The first-order valence-electron chi connectivity index (χ1n) is 8.01. The second kappa shape index (κ2) is 7.25. The highest BCUT2D eigenvalue weighted by Crippen LogP contribution is 2.09. The molecule has 2 heterocycles. The van der Waals surface area contributed by atoms with E-state index in [0.29, 0.717) is 36.1 Å². The van der Waals surface area contributed by atoms with Gasteiger partial charge in [-0.3, -0.25) is 14.2 Å². The van der Waals surface area contributed by atoms with Crippen LogP contribution in [0.1, 0.15) is 18.9 Å². The molecule has 0 radical (unpaired) electrons. The molecule has 0 aliphatic rings. The third-order valence-electron chi connectivity index (χ3n) is 3.89. The van der Waals surface area contributed by atoms with Crippen LogP contribution in [0, 0.1) is 5.82 Å². The number of nitrogens with zero attached hydrogens (tertiary/aromatic N) is 4. The van der Waals surface area contributed by atoms with Crippen LogP contribution >= 0.6 is 0 Å². The quantitative estimate of drug-likeness (QED) is 0.732. The highest BCUT2D eigenvalue weighted by molar-refractivity contribution is 5.75. The van der Waals surface area contributed by atoms with E-state index in [1.165, 1.54) is 23.2 Å². The van der Waals surface area contributed by atoms with Crippen LogP contribution in [0.4, 0.5) is 4.39 Å². The van der Waals surface area contributed by atoms with E-state index in [9.17, 15) is 14.0 Å². The second-order valence-corrected chi connectivity index (χ2v) is 5.58. The minimum atomic E-state index is -0.364. The summed E-state index contributed by atoms with van der Waals surface area (Å²) in [7, 11) is 0. The van der Waals surface area contributed by atoms with Crippen molar-refractivity contribution in [2.24, 2.45) is 0 Å². The summed E-state index contributed by atoms with van der Waals surface area (Å²) in [5, 5.41) is 7.27. The molecule has 0 aliphatic heterocycles. The normalized spacial score (nSPS) is 11.0. The third-order valence-corrected chi connectivity index (χ3v) is 3.89. The van der Waals surface area contributed by atoms with E-state index in [2.05, 4.69) is 15.4 Å². The zero-order chi connectivity index (χ0) is 17.8. The highest BCUT2D eigenvalue weighted by atomic mass is 19.1. The number of fused-ring (bicyclic) bond motifs is 1. The Bertz CT molecular complexity index is 963. The Morgan fingerprint density at radius 1 is 1.32 bits per heavy atom. The molecule has 0 atom stereocenters. The van der Waals surface area contributed by atoms with Crippen molar-refractivity contribution in [2.45, 2.75) is 26.4 Å². The van der Waals surface area contributed by atoms with Crippen LogP contribution in [0.25, 0.3) is 11.0 Å². The molecule has 1 aromatic carbocycles. The average molecular weight is 343 g/mol. The second-order valence-electron chi connectivity index (χ2n) is 5.58. The van der Waals surface area contributed by atoms with Crippen LogP contribution in [0.3, 0.4) is 0 Å². The lowest BCUT2D eigenvalue weighted by Crippen LogP contribution is -2.27. The molecule has 3 rings (SSSR count). The summed E-state index contributed by atoms with van der Waals surface area (Å²) in [4.78, 5) is 28.1. The number of rotatable bonds is 6.